The van der Waals surface area contributed by atoms with Crippen molar-refractivity contribution in [3.8, 4) is 0 Å². The molecule has 0 radical (unpaired) electrons. The van der Waals surface area contributed by atoms with Crippen molar-refractivity contribution in [3.63, 3.8) is 0 Å². The lowest BCUT2D eigenvalue weighted by atomic mass is 9.98. The van der Waals surface area contributed by atoms with Crippen LogP contribution in [0.15, 0.2) is 12.1 Å². The van der Waals surface area contributed by atoms with Crippen LogP contribution in [0.5, 0.6) is 0 Å². The summed E-state index contributed by atoms with van der Waals surface area (Å²) in [5.41, 5.74) is -0.555. The summed E-state index contributed by atoms with van der Waals surface area (Å²) in [6.45, 7) is 4.14. The molecule has 0 saturated carbocycles. The highest BCUT2D eigenvalue weighted by atomic mass is 19.4. The van der Waals surface area contributed by atoms with Crippen LogP contribution in [0.25, 0.3) is 0 Å². The van der Waals surface area contributed by atoms with Gasteiger partial charge in [0.25, 0.3) is 5.91 Å². The van der Waals surface area contributed by atoms with Crippen molar-refractivity contribution in [2.75, 3.05) is 6.54 Å². The first-order valence-electron chi connectivity index (χ1n) is 7.20. The Morgan fingerprint density at radius 1 is 1.38 bits per heavy atom. The van der Waals surface area contributed by atoms with Crippen LogP contribution >= 0.6 is 0 Å². The Morgan fingerprint density at radius 2 is 2.10 bits per heavy atom. The minimum Gasteiger partial charge on any atom is -0.336 e. The van der Waals surface area contributed by atoms with Gasteiger partial charge in [0.1, 0.15) is 5.69 Å². The van der Waals surface area contributed by atoms with Gasteiger partial charge in [0.2, 0.25) is 0 Å². The van der Waals surface area contributed by atoms with Gasteiger partial charge in [-0.15, -0.1) is 0 Å². The number of piperidine rings is 1. The second kappa shape index (κ2) is 6.03. The average Bonchev–Trinajstić information content (AvgIpc) is 2.45. The summed E-state index contributed by atoms with van der Waals surface area (Å²) in [6.07, 6.45) is -0.639. The summed E-state index contributed by atoms with van der Waals surface area (Å²) < 4.78 is 37.8. The maximum Gasteiger partial charge on any atom is 0.433 e. The molecule has 116 valence electrons. The number of likely N-dealkylation sites (tertiary alicyclic amines) is 1. The van der Waals surface area contributed by atoms with Gasteiger partial charge in [-0.25, -0.2) is 4.98 Å². The van der Waals surface area contributed by atoms with E-state index in [2.05, 4.69) is 4.98 Å². The predicted molar refractivity (Wildman–Crippen MR) is 72.9 cm³/mol. The van der Waals surface area contributed by atoms with Gasteiger partial charge in [-0.05, 0) is 44.7 Å². The highest BCUT2D eigenvalue weighted by molar-refractivity contribution is 5.95. The fourth-order valence-corrected chi connectivity index (χ4v) is 2.79. The van der Waals surface area contributed by atoms with Crippen LogP contribution in [0.4, 0.5) is 13.2 Å². The van der Waals surface area contributed by atoms with E-state index >= 15 is 0 Å². The number of amides is 1. The van der Waals surface area contributed by atoms with Crippen LogP contribution < -0.4 is 0 Å². The minimum atomic E-state index is -4.48. The highest BCUT2D eigenvalue weighted by Gasteiger charge is 2.34. The molecule has 1 aromatic heterocycles. The van der Waals surface area contributed by atoms with Gasteiger partial charge < -0.3 is 4.90 Å². The normalized spacial score (nSPS) is 19.7. The van der Waals surface area contributed by atoms with Crippen molar-refractivity contribution >= 4 is 5.91 Å². The molecular formula is C15H19F3N2O. The largest absolute Gasteiger partial charge is 0.433 e. The first-order chi connectivity index (χ1) is 9.84. The molecule has 1 unspecified atom stereocenters. The maximum absolute atomic E-state index is 12.6. The Bertz CT molecular complexity index is 528. The van der Waals surface area contributed by atoms with Crippen LogP contribution in [0, 0.1) is 6.92 Å². The number of carbonyl (C=O) groups excluding carboxylic acids is 1. The van der Waals surface area contributed by atoms with Crippen LogP contribution in [-0.4, -0.2) is 28.4 Å². The summed E-state index contributed by atoms with van der Waals surface area (Å²) in [5, 5.41) is 0. The van der Waals surface area contributed by atoms with Crippen LogP contribution in [0.1, 0.15) is 54.4 Å². The molecule has 21 heavy (non-hydrogen) atoms. The third-order valence-electron chi connectivity index (χ3n) is 3.97. The van der Waals surface area contributed by atoms with Crippen LogP contribution in [0.3, 0.4) is 0 Å². The summed E-state index contributed by atoms with van der Waals surface area (Å²) in [4.78, 5) is 17.9. The molecule has 0 spiro atoms. The number of halogens is 3. The number of alkyl halides is 3. The second-order valence-electron chi connectivity index (χ2n) is 5.38. The monoisotopic (exact) mass is 300 g/mol. The molecule has 0 N–H and O–H groups in total. The molecule has 0 aromatic carbocycles. The number of aryl methyl sites for hydroxylation is 1. The fraction of sp³-hybridized carbons (Fsp3) is 0.600. The molecule has 2 heterocycles. The van der Waals surface area contributed by atoms with Crippen LogP contribution in [0.2, 0.25) is 0 Å². The zero-order valence-electron chi connectivity index (χ0n) is 12.2. The first kappa shape index (κ1) is 15.8. The van der Waals surface area contributed by atoms with E-state index in [1.54, 1.807) is 4.90 Å². The molecule has 3 nitrogen and oxygen atoms in total. The lowest BCUT2D eigenvalue weighted by molar-refractivity contribution is -0.141. The second-order valence-corrected chi connectivity index (χ2v) is 5.38. The van der Waals surface area contributed by atoms with Crippen molar-refractivity contribution in [1.29, 1.82) is 0 Å². The van der Waals surface area contributed by atoms with E-state index < -0.39 is 11.9 Å². The van der Waals surface area contributed by atoms with E-state index in [1.165, 1.54) is 13.0 Å². The Kier molecular flexibility index (Phi) is 4.54. The first-order valence-corrected chi connectivity index (χ1v) is 7.20. The molecule has 1 saturated heterocycles. The summed E-state index contributed by atoms with van der Waals surface area (Å²) in [7, 11) is 0. The van der Waals surface area contributed by atoms with Gasteiger partial charge in [-0.2, -0.15) is 13.2 Å². The zero-order valence-corrected chi connectivity index (χ0v) is 12.2. The van der Waals surface area contributed by atoms with Crippen molar-refractivity contribution in [2.45, 2.75) is 51.7 Å². The standard InChI is InChI=1S/C15H19F3N2O/c1-3-11-6-4-5-9-20(11)14(21)12-7-8-13(15(16,17)18)19-10(12)2/h7-8,11H,3-6,9H2,1-2H3. The zero-order chi connectivity index (χ0) is 15.6. The van der Waals surface area contributed by atoms with E-state index in [0.717, 1.165) is 31.7 Å². The third kappa shape index (κ3) is 3.36. The van der Waals surface area contributed by atoms with Crippen molar-refractivity contribution in [3.05, 3.63) is 29.1 Å². The van der Waals surface area contributed by atoms with E-state index in [-0.39, 0.29) is 23.2 Å². The summed E-state index contributed by atoms with van der Waals surface area (Å²) in [5.74, 6) is -0.208. The number of rotatable bonds is 2. The molecule has 1 aliphatic rings. The predicted octanol–water partition coefficient (Wildman–Crippen LogP) is 3.81. The SMILES string of the molecule is CCC1CCCCN1C(=O)c1ccc(C(F)(F)F)nc1C. The lowest BCUT2D eigenvalue weighted by Crippen LogP contribution is -2.43. The quantitative estimate of drug-likeness (QED) is 0.832. The molecule has 1 aliphatic heterocycles. The topological polar surface area (TPSA) is 33.2 Å². The molecule has 0 bridgehead atoms. The molecule has 0 aliphatic carbocycles. The molecule has 1 atom stereocenters. The lowest BCUT2D eigenvalue weighted by Gasteiger charge is -2.35. The molecule has 6 heteroatoms. The molecule has 1 amide bonds. The Labute approximate surface area is 122 Å². The van der Waals surface area contributed by atoms with E-state index in [4.69, 9.17) is 0 Å². The van der Waals surface area contributed by atoms with Gasteiger partial charge in [0, 0.05) is 12.6 Å². The number of pyridine rings is 1. The number of nitrogens with zero attached hydrogens (tertiary/aromatic N) is 2. The van der Waals surface area contributed by atoms with Gasteiger partial charge in [0.15, 0.2) is 0 Å². The average molecular weight is 300 g/mol. The number of hydrogen-bond acceptors (Lipinski definition) is 2. The van der Waals surface area contributed by atoms with E-state index in [9.17, 15) is 18.0 Å². The van der Waals surface area contributed by atoms with Gasteiger partial charge in [-0.1, -0.05) is 6.92 Å². The third-order valence-corrected chi connectivity index (χ3v) is 3.97. The smallest absolute Gasteiger partial charge is 0.336 e. The van der Waals surface area contributed by atoms with Gasteiger partial charge in [0.05, 0.1) is 11.3 Å². The van der Waals surface area contributed by atoms with Gasteiger partial charge in [-0.3, -0.25) is 4.79 Å². The minimum absolute atomic E-state index is 0.134. The Morgan fingerprint density at radius 3 is 2.67 bits per heavy atom. The van der Waals surface area contributed by atoms with E-state index in [1.807, 2.05) is 6.92 Å². The fourth-order valence-electron chi connectivity index (χ4n) is 2.79. The van der Waals surface area contributed by atoms with Crippen molar-refractivity contribution in [2.24, 2.45) is 0 Å². The number of aromatic nitrogens is 1. The Hall–Kier alpha value is -1.59. The molecular weight excluding hydrogens is 281 g/mol. The summed E-state index contributed by atoms with van der Waals surface area (Å²) in [6, 6.07) is 2.30. The molecule has 1 fully saturated rings. The van der Waals surface area contributed by atoms with Gasteiger partial charge >= 0.3 is 6.18 Å². The maximum atomic E-state index is 12.6. The van der Waals surface area contributed by atoms with Crippen LogP contribution in [-0.2, 0) is 6.18 Å². The summed E-state index contributed by atoms with van der Waals surface area (Å²) >= 11 is 0. The number of hydrogen-bond donors (Lipinski definition) is 0. The number of carbonyl (C=O) groups is 1. The molecule has 1 aromatic rings. The highest BCUT2D eigenvalue weighted by Crippen LogP contribution is 2.29. The molecule has 2 rings (SSSR count). The van der Waals surface area contributed by atoms with E-state index in [0.29, 0.717) is 6.54 Å². The Balaban J connectivity index is 2.27. The van der Waals surface area contributed by atoms with Crippen molar-refractivity contribution < 1.29 is 18.0 Å². The van der Waals surface area contributed by atoms with Crippen molar-refractivity contribution in [1.82, 2.24) is 9.88 Å².